The predicted molar refractivity (Wildman–Crippen MR) is 80.8 cm³/mol. The smallest absolute Gasteiger partial charge is 0.399 e. The molecule has 0 amide bonds. The maximum atomic E-state index is 5.56. The first-order chi connectivity index (χ1) is 10.3. The molecule has 5 nitrogen and oxygen atoms in total. The van der Waals surface area contributed by atoms with E-state index in [-0.39, 0.29) is 6.08 Å². The van der Waals surface area contributed by atoms with E-state index in [9.17, 15) is 0 Å². The summed E-state index contributed by atoms with van der Waals surface area (Å²) in [6.45, 7) is 6.56. The zero-order chi connectivity index (χ0) is 14.9. The second kappa shape index (κ2) is 8.32. The minimum absolute atomic E-state index is 0.255. The monoisotopic (exact) mass is 290 g/mol. The van der Waals surface area contributed by atoms with Crippen LogP contribution < -0.4 is 14.8 Å². The summed E-state index contributed by atoms with van der Waals surface area (Å²) in [4.78, 5) is 4.27. The van der Waals surface area contributed by atoms with Crippen LogP contribution in [0.4, 0.5) is 0 Å². The second-order valence-corrected chi connectivity index (χ2v) is 4.70. The van der Waals surface area contributed by atoms with Crippen molar-refractivity contribution in [3.63, 3.8) is 0 Å². The summed E-state index contributed by atoms with van der Waals surface area (Å²) in [5.41, 5.74) is 0.835. The van der Waals surface area contributed by atoms with E-state index in [1.807, 2.05) is 24.3 Å². The first-order valence-electron chi connectivity index (χ1n) is 7.37. The van der Waals surface area contributed by atoms with Crippen molar-refractivity contribution in [2.75, 3.05) is 13.2 Å². The number of nitrogens with zero attached hydrogens (tertiary/aromatic N) is 1. The molecule has 2 rings (SSSR count). The lowest BCUT2D eigenvalue weighted by molar-refractivity contribution is 0.314. The molecule has 1 aromatic carbocycles. The quantitative estimate of drug-likeness (QED) is 0.713. The number of ether oxygens (including phenoxy) is 2. The largest absolute Gasteiger partial charge is 0.494 e. The first kappa shape index (κ1) is 15.4. The highest BCUT2D eigenvalue weighted by molar-refractivity contribution is 5.32. The number of benzene rings is 1. The van der Waals surface area contributed by atoms with Crippen LogP contribution in [0.25, 0.3) is 0 Å². The van der Waals surface area contributed by atoms with Crippen molar-refractivity contribution in [2.45, 2.75) is 33.2 Å². The third kappa shape index (κ3) is 5.11. The molecule has 0 saturated heterocycles. The summed E-state index contributed by atoms with van der Waals surface area (Å²) < 4.78 is 16.4. The molecule has 0 bridgehead atoms. The molecule has 0 unspecified atom stereocenters. The topological polar surface area (TPSA) is 56.5 Å². The zero-order valence-corrected chi connectivity index (χ0v) is 12.6. The summed E-state index contributed by atoms with van der Waals surface area (Å²) in [5.74, 6) is 1.51. The first-order valence-corrected chi connectivity index (χ1v) is 7.37. The van der Waals surface area contributed by atoms with E-state index in [0.717, 1.165) is 30.8 Å². The predicted octanol–water partition coefficient (Wildman–Crippen LogP) is 3.76. The summed E-state index contributed by atoms with van der Waals surface area (Å²) in [7, 11) is 0. The summed E-state index contributed by atoms with van der Waals surface area (Å²) in [6, 6.07) is 7.42. The number of hydrogen-bond donors (Lipinski definition) is 1. The van der Waals surface area contributed by atoms with Crippen molar-refractivity contribution < 1.29 is 13.9 Å². The Bertz CT molecular complexity index is 523. The molecule has 0 radical (unpaired) electrons. The minimum atomic E-state index is 0.255. The van der Waals surface area contributed by atoms with Crippen LogP contribution in [0.2, 0.25) is 0 Å². The Morgan fingerprint density at radius 2 is 1.86 bits per heavy atom. The average molecular weight is 290 g/mol. The standard InChI is InChI=1S/C16H22N2O3/c1-3-9-17-11-13-12-20-16(18-13)21-15-7-5-14(6-8-15)19-10-4-2/h5-8,12,17H,3-4,9-11H2,1-2H3. The molecule has 114 valence electrons. The molecule has 5 heteroatoms. The summed E-state index contributed by atoms with van der Waals surface area (Å²) in [6.07, 6.45) is 3.94. The summed E-state index contributed by atoms with van der Waals surface area (Å²) >= 11 is 0. The van der Waals surface area contributed by atoms with Gasteiger partial charge in [0.25, 0.3) is 0 Å². The van der Waals surface area contributed by atoms with Gasteiger partial charge in [0.05, 0.1) is 12.3 Å². The molecular formula is C16H22N2O3. The Kier molecular flexibility index (Phi) is 6.09. The van der Waals surface area contributed by atoms with Gasteiger partial charge in [-0.3, -0.25) is 0 Å². The number of nitrogens with one attached hydrogen (secondary N) is 1. The number of oxazole rings is 1. The van der Waals surface area contributed by atoms with E-state index in [2.05, 4.69) is 24.1 Å². The van der Waals surface area contributed by atoms with E-state index in [0.29, 0.717) is 18.9 Å². The van der Waals surface area contributed by atoms with Gasteiger partial charge >= 0.3 is 6.08 Å². The average Bonchev–Trinajstić information content (AvgIpc) is 2.94. The number of aromatic nitrogens is 1. The van der Waals surface area contributed by atoms with Crippen LogP contribution in [0, 0.1) is 0 Å². The molecule has 1 heterocycles. The Morgan fingerprint density at radius 3 is 2.57 bits per heavy atom. The lowest BCUT2D eigenvalue weighted by Gasteiger charge is -2.05. The Morgan fingerprint density at radius 1 is 1.10 bits per heavy atom. The fourth-order valence-electron chi connectivity index (χ4n) is 1.73. The van der Waals surface area contributed by atoms with Crippen molar-refractivity contribution in [2.24, 2.45) is 0 Å². The van der Waals surface area contributed by atoms with Crippen molar-refractivity contribution in [1.82, 2.24) is 10.3 Å². The van der Waals surface area contributed by atoms with E-state index < -0.39 is 0 Å². The molecule has 0 aliphatic rings. The Labute approximate surface area is 125 Å². The van der Waals surface area contributed by atoms with E-state index in [1.54, 1.807) is 6.26 Å². The van der Waals surface area contributed by atoms with Crippen LogP contribution in [-0.2, 0) is 6.54 Å². The molecule has 0 saturated carbocycles. The molecule has 0 aliphatic carbocycles. The van der Waals surface area contributed by atoms with Crippen molar-refractivity contribution in [3.8, 4) is 17.6 Å². The Hall–Kier alpha value is -2.01. The van der Waals surface area contributed by atoms with Gasteiger partial charge in [-0.15, -0.1) is 0 Å². The SMILES string of the molecule is CCCNCc1coc(Oc2ccc(OCCC)cc2)n1. The van der Waals surface area contributed by atoms with E-state index in [1.165, 1.54) is 0 Å². The van der Waals surface area contributed by atoms with Crippen LogP contribution in [0.5, 0.6) is 17.6 Å². The fraction of sp³-hybridized carbons (Fsp3) is 0.438. The van der Waals surface area contributed by atoms with Crippen molar-refractivity contribution in [3.05, 3.63) is 36.2 Å². The third-order valence-electron chi connectivity index (χ3n) is 2.77. The van der Waals surface area contributed by atoms with Crippen LogP contribution in [0.15, 0.2) is 34.9 Å². The minimum Gasteiger partial charge on any atom is -0.494 e. The molecule has 2 aromatic rings. The highest BCUT2D eigenvalue weighted by Crippen LogP contribution is 2.23. The molecule has 1 aromatic heterocycles. The van der Waals surface area contributed by atoms with Gasteiger partial charge in [-0.1, -0.05) is 13.8 Å². The van der Waals surface area contributed by atoms with Crippen LogP contribution in [0.3, 0.4) is 0 Å². The van der Waals surface area contributed by atoms with Crippen LogP contribution >= 0.6 is 0 Å². The van der Waals surface area contributed by atoms with Gasteiger partial charge in [-0.05, 0) is 43.7 Å². The molecule has 0 fully saturated rings. The fourth-order valence-corrected chi connectivity index (χ4v) is 1.73. The maximum absolute atomic E-state index is 5.56. The van der Waals surface area contributed by atoms with Gasteiger partial charge in [0.1, 0.15) is 17.8 Å². The Balaban J connectivity index is 1.86. The summed E-state index contributed by atoms with van der Waals surface area (Å²) in [5, 5.41) is 3.26. The van der Waals surface area contributed by atoms with Crippen LogP contribution in [-0.4, -0.2) is 18.1 Å². The highest BCUT2D eigenvalue weighted by atomic mass is 16.6. The van der Waals surface area contributed by atoms with Crippen molar-refractivity contribution >= 4 is 0 Å². The van der Waals surface area contributed by atoms with E-state index in [4.69, 9.17) is 13.9 Å². The second-order valence-electron chi connectivity index (χ2n) is 4.70. The zero-order valence-electron chi connectivity index (χ0n) is 12.6. The van der Waals surface area contributed by atoms with Gasteiger partial charge in [-0.25, -0.2) is 0 Å². The molecular weight excluding hydrogens is 268 g/mol. The lowest BCUT2D eigenvalue weighted by atomic mass is 10.3. The van der Waals surface area contributed by atoms with Gasteiger partial charge in [0, 0.05) is 6.54 Å². The maximum Gasteiger partial charge on any atom is 0.399 e. The number of rotatable bonds is 9. The van der Waals surface area contributed by atoms with Crippen molar-refractivity contribution in [1.29, 1.82) is 0 Å². The van der Waals surface area contributed by atoms with Crippen LogP contribution in [0.1, 0.15) is 32.4 Å². The third-order valence-corrected chi connectivity index (χ3v) is 2.77. The molecule has 21 heavy (non-hydrogen) atoms. The van der Waals surface area contributed by atoms with Gasteiger partial charge < -0.3 is 19.2 Å². The van der Waals surface area contributed by atoms with Gasteiger partial charge in [-0.2, -0.15) is 4.98 Å². The normalized spacial score (nSPS) is 10.6. The lowest BCUT2D eigenvalue weighted by Crippen LogP contribution is -2.13. The van der Waals surface area contributed by atoms with Gasteiger partial charge in [0.15, 0.2) is 0 Å². The molecule has 0 aliphatic heterocycles. The molecule has 1 N–H and O–H groups in total. The highest BCUT2D eigenvalue weighted by Gasteiger charge is 2.06. The van der Waals surface area contributed by atoms with E-state index >= 15 is 0 Å². The number of hydrogen-bond acceptors (Lipinski definition) is 5. The molecule has 0 atom stereocenters. The van der Waals surface area contributed by atoms with Gasteiger partial charge in [0.2, 0.25) is 0 Å². The molecule has 0 spiro atoms.